The number of guanidine groups is 1. The quantitative estimate of drug-likeness (QED) is 0.386. The van der Waals surface area contributed by atoms with E-state index in [1.807, 2.05) is 48.9 Å². The standard InChI is InChI=1S/C23H30N6O2/c1-4-30-20-7-6-18(14-21(20)31-5-2)8-11-27-23(24-3)28-16-19-9-10-26-22(15-19)29-13-12-25-17-29/h6-7,9-10,12-15,17H,4-5,8,11,16H2,1-3H3,(H2,24,27,28). The van der Waals surface area contributed by atoms with Gasteiger partial charge in [0.15, 0.2) is 17.5 Å². The van der Waals surface area contributed by atoms with Gasteiger partial charge in [-0.15, -0.1) is 0 Å². The number of hydrogen-bond acceptors (Lipinski definition) is 5. The molecule has 3 rings (SSSR count). The van der Waals surface area contributed by atoms with Gasteiger partial charge in [0.05, 0.1) is 13.2 Å². The van der Waals surface area contributed by atoms with Crippen molar-refractivity contribution < 1.29 is 9.47 Å². The van der Waals surface area contributed by atoms with Crippen LogP contribution in [0.4, 0.5) is 0 Å². The highest BCUT2D eigenvalue weighted by Gasteiger charge is 2.07. The van der Waals surface area contributed by atoms with Crippen LogP contribution in [0.25, 0.3) is 5.82 Å². The second kappa shape index (κ2) is 11.6. The van der Waals surface area contributed by atoms with E-state index in [0.717, 1.165) is 41.8 Å². The third-order valence-electron chi connectivity index (χ3n) is 4.58. The number of ether oxygens (including phenoxy) is 2. The summed E-state index contributed by atoms with van der Waals surface area (Å²) < 4.78 is 13.2. The van der Waals surface area contributed by atoms with Crippen molar-refractivity contribution in [1.82, 2.24) is 25.2 Å². The van der Waals surface area contributed by atoms with Gasteiger partial charge in [0.25, 0.3) is 0 Å². The SMILES string of the molecule is CCOc1ccc(CCNC(=NC)NCc2ccnc(-n3ccnc3)c2)cc1OCC. The van der Waals surface area contributed by atoms with Gasteiger partial charge in [-0.05, 0) is 55.7 Å². The first-order valence-corrected chi connectivity index (χ1v) is 10.5. The molecule has 0 saturated carbocycles. The van der Waals surface area contributed by atoms with Crippen molar-refractivity contribution >= 4 is 5.96 Å². The molecule has 8 nitrogen and oxygen atoms in total. The highest BCUT2D eigenvalue weighted by Crippen LogP contribution is 2.28. The van der Waals surface area contributed by atoms with E-state index >= 15 is 0 Å². The summed E-state index contributed by atoms with van der Waals surface area (Å²) in [7, 11) is 1.77. The molecule has 3 aromatic rings. The van der Waals surface area contributed by atoms with Crippen molar-refractivity contribution in [2.75, 3.05) is 26.8 Å². The Balaban J connectivity index is 1.51. The Morgan fingerprint density at radius 1 is 1.00 bits per heavy atom. The van der Waals surface area contributed by atoms with E-state index < -0.39 is 0 Å². The molecule has 0 fully saturated rings. The van der Waals surface area contributed by atoms with Crippen LogP contribution in [0.1, 0.15) is 25.0 Å². The molecule has 2 heterocycles. The van der Waals surface area contributed by atoms with Crippen LogP contribution >= 0.6 is 0 Å². The predicted molar refractivity (Wildman–Crippen MR) is 122 cm³/mol. The molecule has 2 aromatic heterocycles. The number of aliphatic imine (C=N–C) groups is 1. The van der Waals surface area contributed by atoms with Gasteiger partial charge < -0.3 is 20.1 Å². The Bertz CT molecular complexity index is 972. The lowest BCUT2D eigenvalue weighted by Crippen LogP contribution is -2.37. The van der Waals surface area contributed by atoms with Crippen LogP contribution in [0.3, 0.4) is 0 Å². The highest BCUT2D eigenvalue weighted by atomic mass is 16.5. The Labute approximate surface area is 183 Å². The average Bonchev–Trinajstić information content (AvgIpc) is 3.33. The second-order valence-corrected chi connectivity index (χ2v) is 6.74. The van der Waals surface area contributed by atoms with Crippen LogP contribution < -0.4 is 20.1 Å². The third kappa shape index (κ3) is 6.47. The van der Waals surface area contributed by atoms with E-state index in [1.54, 1.807) is 25.8 Å². The van der Waals surface area contributed by atoms with Crippen LogP contribution in [-0.2, 0) is 13.0 Å². The fourth-order valence-corrected chi connectivity index (χ4v) is 3.09. The lowest BCUT2D eigenvalue weighted by atomic mass is 10.1. The molecular formula is C23H30N6O2. The topological polar surface area (TPSA) is 85.6 Å². The number of hydrogen-bond donors (Lipinski definition) is 2. The summed E-state index contributed by atoms with van der Waals surface area (Å²) in [6.07, 6.45) is 7.98. The van der Waals surface area contributed by atoms with E-state index in [2.05, 4.69) is 31.7 Å². The van der Waals surface area contributed by atoms with Gasteiger partial charge in [0.2, 0.25) is 0 Å². The molecule has 2 N–H and O–H groups in total. The highest BCUT2D eigenvalue weighted by molar-refractivity contribution is 5.79. The molecule has 8 heteroatoms. The summed E-state index contributed by atoms with van der Waals surface area (Å²) >= 11 is 0. The Morgan fingerprint density at radius 3 is 2.58 bits per heavy atom. The van der Waals surface area contributed by atoms with E-state index in [9.17, 15) is 0 Å². The van der Waals surface area contributed by atoms with Gasteiger partial charge in [0.1, 0.15) is 12.1 Å². The maximum Gasteiger partial charge on any atom is 0.191 e. The zero-order valence-corrected chi connectivity index (χ0v) is 18.3. The number of imidazole rings is 1. The molecule has 0 aliphatic carbocycles. The number of nitrogens with one attached hydrogen (secondary N) is 2. The average molecular weight is 423 g/mol. The minimum Gasteiger partial charge on any atom is -0.490 e. The lowest BCUT2D eigenvalue weighted by molar-refractivity contribution is 0.287. The number of nitrogens with zero attached hydrogens (tertiary/aromatic N) is 4. The second-order valence-electron chi connectivity index (χ2n) is 6.74. The normalized spacial score (nSPS) is 11.3. The van der Waals surface area contributed by atoms with Crippen molar-refractivity contribution in [3.8, 4) is 17.3 Å². The van der Waals surface area contributed by atoms with E-state index in [1.165, 1.54) is 5.56 Å². The fraction of sp³-hybridized carbons (Fsp3) is 0.348. The predicted octanol–water partition coefficient (Wildman–Crippen LogP) is 2.97. The van der Waals surface area contributed by atoms with Crippen molar-refractivity contribution in [3.63, 3.8) is 0 Å². The van der Waals surface area contributed by atoms with Gasteiger partial charge in [0, 0.05) is 38.7 Å². The minimum atomic E-state index is 0.607. The molecule has 0 saturated heterocycles. The first kappa shape index (κ1) is 22.1. The van der Waals surface area contributed by atoms with Gasteiger partial charge in [-0.3, -0.25) is 9.56 Å². The smallest absolute Gasteiger partial charge is 0.191 e. The van der Waals surface area contributed by atoms with Crippen molar-refractivity contribution in [3.05, 3.63) is 66.4 Å². The van der Waals surface area contributed by atoms with Crippen molar-refractivity contribution in [2.24, 2.45) is 4.99 Å². The molecule has 0 aliphatic rings. The van der Waals surface area contributed by atoms with Crippen LogP contribution in [0.15, 0.2) is 60.2 Å². The summed E-state index contributed by atoms with van der Waals surface area (Å²) in [5.74, 6) is 3.15. The molecule has 1 aromatic carbocycles. The third-order valence-corrected chi connectivity index (χ3v) is 4.58. The molecule has 0 unspecified atom stereocenters. The molecule has 0 atom stereocenters. The van der Waals surface area contributed by atoms with E-state index in [4.69, 9.17) is 9.47 Å². The molecule has 0 radical (unpaired) electrons. The zero-order valence-electron chi connectivity index (χ0n) is 18.3. The zero-order chi connectivity index (χ0) is 21.9. The lowest BCUT2D eigenvalue weighted by Gasteiger charge is -2.14. The summed E-state index contributed by atoms with van der Waals surface area (Å²) in [5, 5.41) is 6.70. The van der Waals surface area contributed by atoms with Gasteiger partial charge in [-0.1, -0.05) is 6.07 Å². The maximum absolute atomic E-state index is 5.71. The van der Waals surface area contributed by atoms with Gasteiger partial charge in [-0.25, -0.2) is 9.97 Å². The first-order chi connectivity index (χ1) is 15.2. The number of rotatable bonds is 10. The number of benzene rings is 1. The van der Waals surface area contributed by atoms with Gasteiger partial charge in [-0.2, -0.15) is 0 Å². The van der Waals surface area contributed by atoms with Crippen LogP contribution in [0.5, 0.6) is 11.5 Å². The maximum atomic E-state index is 5.71. The summed E-state index contributed by atoms with van der Waals surface area (Å²) in [4.78, 5) is 12.8. The summed E-state index contributed by atoms with van der Waals surface area (Å²) in [6, 6.07) is 10.1. The van der Waals surface area contributed by atoms with E-state index in [-0.39, 0.29) is 0 Å². The summed E-state index contributed by atoms with van der Waals surface area (Å²) in [5.41, 5.74) is 2.28. The first-order valence-electron chi connectivity index (χ1n) is 10.5. The summed E-state index contributed by atoms with van der Waals surface area (Å²) in [6.45, 7) is 6.55. The van der Waals surface area contributed by atoms with Crippen LogP contribution in [-0.4, -0.2) is 47.3 Å². The van der Waals surface area contributed by atoms with E-state index in [0.29, 0.717) is 19.8 Å². The molecule has 0 aliphatic heterocycles. The van der Waals surface area contributed by atoms with Crippen LogP contribution in [0, 0.1) is 0 Å². The minimum absolute atomic E-state index is 0.607. The van der Waals surface area contributed by atoms with Crippen molar-refractivity contribution in [2.45, 2.75) is 26.8 Å². The molecule has 0 amide bonds. The van der Waals surface area contributed by atoms with Crippen LogP contribution in [0.2, 0.25) is 0 Å². The molecule has 0 bridgehead atoms. The van der Waals surface area contributed by atoms with Crippen molar-refractivity contribution in [1.29, 1.82) is 0 Å². The fourth-order valence-electron chi connectivity index (χ4n) is 3.09. The molecule has 164 valence electrons. The Hall–Kier alpha value is -3.55. The largest absolute Gasteiger partial charge is 0.490 e. The number of aromatic nitrogens is 3. The number of pyridine rings is 1. The molecule has 0 spiro atoms. The monoisotopic (exact) mass is 422 g/mol. The Morgan fingerprint density at radius 2 is 1.84 bits per heavy atom. The molecule has 31 heavy (non-hydrogen) atoms. The Kier molecular flexibility index (Phi) is 8.28. The van der Waals surface area contributed by atoms with Gasteiger partial charge >= 0.3 is 0 Å². The molecular weight excluding hydrogens is 392 g/mol.